The van der Waals surface area contributed by atoms with Gasteiger partial charge in [0.15, 0.2) is 5.58 Å². The van der Waals surface area contributed by atoms with Crippen LogP contribution in [-0.4, -0.2) is 40.5 Å². The Morgan fingerprint density at radius 3 is 3.00 bits per heavy atom. The number of aromatic nitrogens is 1. The minimum atomic E-state index is -0.352. The lowest BCUT2D eigenvalue weighted by Crippen LogP contribution is -2.46. The van der Waals surface area contributed by atoms with E-state index >= 15 is 0 Å². The van der Waals surface area contributed by atoms with Gasteiger partial charge in [-0.05, 0) is 44.4 Å². The number of piperidine rings is 1. The van der Waals surface area contributed by atoms with Crippen LogP contribution < -0.4 is 11.1 Å². The monoisotopic (exact) mass is 343 g/mol. The number of oxazole rings is 1. The lowest BCUT2D eigenvalue weighted by Gasteiger charge is -2.32. The minimum absolute atomic E-state index is 0.0956. The van der Waals surface area contributed by atoms with Crippen LogP contribution in [0.5, 0.6) is 0 Å². The number of benzene rings is 1. The van der Waals surface area contributed by atoms with Crippen LogP contribution in [0.3, 0.4) is 0 Å². The van der Waals surface area contributed by atoms with Gasteiger partial charge in [0, 0.05) is 31.6 Å². The summed E-state index contributed by atoms with van der Waals surface area (Å²) in [6.45, 7) is 2.78. The van der Waals surface area contributed by atoms with E-state index in [1.807, 2.05) is 18.2 Å². The Kier molecular flexibility index (Phi) is 4.61. The standard InChI is InChI=1S/C19H25N3O3/c23-18(20-14-10-13-21-11-4-3-6-15(14)21)9-5-12-22-16-7-1-2-8-17(16)25-19(22)24/h1-2,7-8,14-15H,3-6,9-13H2,(H,20,23)/t14-,15+/m0/s1. The maximum Gasteiger partial charge on any atom is 0.419 e. The maximum atomic E-state index is 12.3. The summed E-state index contributed by atoms with van der Waals surface area (Å²) in [5.74, 6) is -0.256. The fraction of sp³-hybridized carbons (Fsp3) is 0.579. The Hall–Kier alpha value is -2.08. The number of aryl methyl sites for hydroxylation is 1. The highest BCUT2D eigenvalue weighted by atomic mass is 16.4. The molecule has 0 radical (unpaired) electrons. The van der Waals surface area contributed by atoms with Crippen molar-refractivity contribution in [1.82, 2.24) is 14.8 Å². The summed E-state index contributed by atoms with van der Waals surface area (Å²) in [6.07, 6.45) is 5.88. The van der Waals surface area contributed by atoms with Crippen LogP contribution in [-0.2, 0) is 11.3 Å². The predicted octanol–water partition coefficient (Wildman–Crippen LogP) is 2.12. The average Bonchev–Trinajstić information content (AvgIpc) is 3.16. The van der Waals surface area contributed by atoms with E-state index in [1.165, 1.54) is 25.8 Å². The SMILES string of the molecule is O=C(CCCn1c(=O)oc2ccccc21)N[C@H]1CCN2CCCC[C@H]12. The van der Waals surface area contributed by atoms with Crippen molar-refractivity contribution in [3.05, 3.63) is 34.8 Å². The Morgan fingerprint density at radius 2 is 2.08 bits per heavy atom. The van der Waals surface area contributed by atoms with E-state index in [9.17, 15) is 9.59 Å². The zero-order chi connectivity index (χ0) is 17.2. The number of hydrogen-bond donors (Lipinski definition) is 1. The average molecular weight is 343 g/mol. The molecule has 4 rings (SSSR count). The van der Waals surface area contributed by atoms with Crippen LogP contribution in [0.25, 0.3) is 11.1 Å². The molecule has 134 valence electrons. The zero-order valence-electron chi connectivity index (χ0n) is 14.4. The zero-order valence-corrected chi connectivity index (χ0v) is 14.4. The van der Waals surface area contributed by atoms with E-state index in [1.54, 1.807) is 10.6 Å². The highest BCUT2D eigenvalue weighted by molar-refractivity contribution is 5.76. The predicted molar refractivity (Wildman–Crippen MR) is 95.5 cm³/mol. The molecule has 2 saturated heterocycles. The molecule has 0 spiro atoms. The number of nitrogens with one attached hydrogen (secondary N) is 1. The molecule has 25 heavy (non-hydrogen) atoms. The first kappa shape index (κ1) is 16.4. The van der Waals surface area contributed by atoms with Gasteiger partial charge in [0.25, 0.3) is 0 Å². The van der Waals surface area contributed by atoms with Gasteiger partial charge in [-0.15, -0.1) is 0 Å². The normalized spacial score (nSPS) is 23.7. The molecule has 2 aliphatic rings. The van der Waals surface area contributed by atoms with Crippen LogP contribution in [0.1, 0.15) is 38.5 Å². The minimum Gasteiger partial charge on any atom is -0.408 e. The second-order valence-corrected chi connectivity index (χ2v) is 7.15. The van der Waals surface area contributed by atoms with Gasteiger partial charge in [-0.25, -0.2) is 4.79 Å². The summed E-state index contributed by atoms with van der Waals surface area (Å²) >= 11 is 0. The summed E-state index contributed by atoms with van der Waals surface area (Å²) in [7, 11) is 0. The molecule has 2 aliphatic heterocycles. The Morgan fingerprint density at radius 1 is 1.20 bits per heavy atom. The molecule has 0 unspecified atom stereocenters. The molecule has 1 amide bonds. The number of carbonyl (C=O) groups is 1. The molecule has 2 fully saturated rings. The molecule has 1 aromatic carbocycles. The van der Waals surface area contributed by atoms with E-state index in [-0.39, 0.29) is 11.7 Å². The molecular weight excluding hydrogens is 318 g/mol. The Bertz CT molecular complexity index is 810. The molecule has 2 atom stereocenters. The van der Waals surface area contributed by atoms with E-state index in [4.69, 9.17) is 4.42 Å². The Labute approximate surface area is 146 Å². The van der Waals surface area contributed by atoms with Gasteiger partial charge in [-0.3, -0.25) is 14.3 Å². The van der Waals surface area contributed by atoms with Crippen LogP contribution in [0.2, 0.25) is 0 Å². The summed E-state index contributed by atoms with van der Waals surface area (Å²) in [4.78, 5) is 26.8. The van der Waals surface area contributed by atoms with Crippen LogP contribution in [0, 0.1) is 0 Å². The van der Waals surface area contributed by atoms with E-state index in [0.29, 0.717) is 37.1 Å². The van der Waals surface area contributed by atoms with Crippen molar-refractivity contribution < 1.29 is 9.21 Å². The number of hydrogen-bond acceptors (Lipinski definition) is 4. The molecule has 3 heterocycles. The van der Waals surface area contributed by atoms with Crippen molar-refractivity contribution in [2.45, 2.75) is 57.2 Å². The molecule has 6 nitrogen and oxygen atoms in total. The van der Waals surface area contributed by atoms with E-state index in [0.717, 1.165) is 18.5 Å². The van der Waals surface area contributed by atoms with Gasteiger partial charge in [-0.1, -0.05) is 18.6 Å². The highest BCUT2D eigenvalue weighted by Gasteiger charge is 2.35. The fourth-order valence-corrected chi connectivity index (χ4v) is 4.32. The Balaban J connectivity index is 1.30. The molecule has 0 saturated carbocycles. The second-order valence-electron chi connectivity index (χ2n) is 7.15. The molecule has 2 aromatic rings. The van der Waals surface area contributed by atoms with Crippen LogP contribution in [0.15, 0.2) is 33.5 Å². The third kappa shape index (κ3) is 3.35. The lowest BCUT2D eigenvalue weighted by atomic mass is 9.99. The van der Waals surface area contributed by atoms with Crippen LogP contribution >= 0.6 is 0 Å². The number of fused-ring (bicyclic) bond motifs is 2. The maximum absolute atomic E-state index is 12.3. The number of rotatable bonds is 5. The van der Waals surface area contributed by atoms with E-state index in [2.05, 4.69) is 10.2 Å². The third-order valence-corrected chi connectivity index (χ3v) is 5.56. The quantitative estimate of drug-likeness (QED) is 0.903. The van der Waals surface area contributed by atoms with Crippen molar-refractivity contribution in [2.24, 2.45) is 0 Å². The van der Waals surface area contributed by atoms with Crippen LogP contribution in [0.4, 0.5) is 0 Å². The third-order valence-electron chi connectivity index (χ3n) is 5.56. The first-order valence-electron chi connectivity index (χ1n) is 9.34. The smallest absolute Gasteiger partial charge is 0.408 e. The summed E-state index contributed by atoms with van der Waals surface area (Å²) in [6, 6.07) is 8.21. The van der Waals surface area contributed by atoms with Crippen molar-refractivity contribution in [3.63, 3.8) is 0 Å². The van der Waals surface area contributed by atoms with Gasteiger partial charge < -0.3 is 9.73 Å². The second kappa shape index (κ2) is 7.04. The van der Waals surface area contributed by atoms with Gasteiger partial charge in [0.05, 0.1) is 5.52 Å². The molecule has 1 aromatic heterocycles. The van der Waals surface area contributed by atoms with E-state index < -0.39 is 0 Å². The fourth-order valence-electron chi connectivity index (χ4n) is 4.32. The molecule has 6 heteroatoms. The summed E-state index contributed by atoms with van der Waals surface area (Å²) in [5.41, 5.74) is 1.39. The summed E-state index contributed by atoms with van der Waals surface area (Å²) in [5, 5.41) is 3.22. The van der Waals surface area contributed by atoms with Crippen molar-refractivity contribution in [3.8, 4) is 0 Å². The highest BCUT2D eigenvalue weighted by Crippen LogP contribution is 2.27. The van der Waals surface area contributed by atoms with Gasteiger partial charge in [-0.2, -0.15) is 0 Å². The lowest BCUT2D eigenvalue weighted by molar-refractivity contribution is -0.122. The molecule has 0 aliphatic carbocycles. The first-order valence-corrected chi connectivity index (χ1v) is 9.34. The topological polar surface area (TPSA) is 67.5 Å². The number of carbonyl (C=O) groups excluding carboxylic acids is 1. The number of amides is 1. The van der Waals surface area contributed by atoms with Gasteiger partial charge >= 0.3 is 5.76 Å². The largest absolute Gasteiger partial charge is 0.419 e. The molecule has 1 N–H and O–H groups in total. The molecular formula is C19H25N3O3. The van der Waals surface area contributed by atoms with Gasteiger partial charge in [0.2, 0.25) is 5.91 Å². The van der Waals surface area contributed by atoms with Crippen molar-refractivity contribution >= 4 is 17.0 Å². The van der Waals surface area contributed by atoms with Crippen molar-refractivity contribution in [1.29, 1.82) is 0 Å². The number of nitrogens with zero attached hydrogens (tertiary/aromatic N) is 2. The van der Waals surface area contributed by atoms with Gasteiger partial charge in [0.1, 0.15) is 0 Å². The summed E-state index contributed by atoms with van der Waals surface area (Å²) < 4.78 is 6.84. The molecule has 0 bridgehead atoms. The number of para-hydroxylation sites is 2. The van der Waals surface area contributed by atoms with Crippen molar-refractivity contribution in [2.75, 3.05) is 13.1 Å². The first-order chi connectivity index (χ1) is 12.2.